The highest BCUT2D eigenvalue weighted by Gasteiger charge is 2.41. The van der Waals surface area contributed by atoms with Gasteiger partial charge in [0.25, 0.3) is 0 Å². The Bertz CT molecular complexity index is 566. The first kappa shape index (κ1) is 20.5. The summed E-state index contributed by atoms with van der Waals surface area (Å²) in [6, 6.07) is 7.45. The number of halogens is 1. The molecule has 1 fully saturated rings. The quantitative estimate of drug-likeness (QED) is 0.414. The van der Waals surface area contributed by atoms with Gasteiger partial charge in [-0.3, -0.25) is 9.79 Å². The summed E-state index contributed by atoms with van der Waals surface area (Å²) in [5.74, 6) is 1.26. The zero-order valence-electron chi connectivity index (χ0n) is 14.5. The molecule has 0 aliphatic heterocycles. The van der Waals surface area contributed by atoms with E-state index in [9.17, 15) is 4.79 Å². The van der Waals surface area contributed by atoms with Crippen LogP contribution in [-0.4, -0.2) is 44.5 Å². The van der Waals surface area contributed by atoms with Crippen molar-refractivity contribution in [2.75, 3.05) is 33.1 Å². The number of nitrogens with zero attached hydrogens (tertiary/aromatic N) is 2. The fourth-order valence-corrected chi connectivity index (χ4v) is 3.06. The number of ether oxygens (including phenoxy) is 1. The average Bonchev–Trinajstić information content (AvgIpc) is 3.03. The van der Waals surface area contributed by atoms with E-state index in [-0.39, 0.29) is 29.9 Å². The second kappa shape index (κ2) is 9.10. The minimum atomic E-state index is -0.393. The third kappa shape index (κ3) is 4.99. The number of nitrogens with two attached hydrogens (primary N) is 1. The van der Waals surface area contributed by atoms with Crippen molar-refractivity contribution >= 4 is 41.5 Å². The van der Waals surface area contributed by atoms with Crippen LogP contribution in [0.5, 0.6) is 5.75 Å². The average molecular weight is 446 g/mol. The number of rotatable bonds is 5. The van der Waals surface area contributed by atoms with Gasteiger partial charge in [0, 0.05) is 19.8 Å². The minimum Gasteiger partial charge on any atom is -0.497 e. The Morgan fingerprint density at radius 1 is 1.29 bits per heavy atom. The van der Waals surface area contributed by atoms with Crippen LogP contribution in [0.2, 0.25) is 0 Å². The van der Waals surface area contributed by atoms with Crippen LogP contribution in [0.15, 0.2) is 29.3 Å². The molecule has 0 radical (unpaired) electrons. The second-order valence-electron chi connectivity index (χ2n) is 6.24. The summed E-state index contributed by atoms with van der Waals surface area (Å²) in [7, 11) is 5.22. The lowest BCUT2D eigenvalue weighted by Gasteiger charge is -2.29. The molecular weight excluding hydrogens is 419 g/mol. The molecule has 0 atom stereocenters. The topological polar surface area (TPSA) is 80.0 Å². The van der Waals surface area contributed by atoms with Crippen molar-refractivity contribution in [3.63, 3.8) is 0 Å². The molecule has 0 aromatic heterocycles. The Balaban J connectivity index is 0.00000288. The maximum Gasteiger partial charge on any atom is 0.230 e. The number of guanidine groups is 1. The smallest absolute Gasteiger partial charge is 0.230 e. The molecule has 134 valence electrons. The Morgan fingerprint density at radius 3 is 2.38 bits per heavy atom. The summed E-state index contributed by atoms with van der Waals surface area (Å²) in [6.45, 7) is 0.430. The first-order valence-corrected chi connectivity index (χ1v) is 7.90. The number of hydrogen-bond donors (Lipinski definition) is 2. The number of carbonyl (C=O) groups excluding carboxylic acids is 1. The highest BCUT2D eigenvalue weighted by Crippen LogP contribution is 2.39. The highest BCUT2D eigenvalue weighted by atomic mass is 127. The van der Waals surface area contributed by atoms with Gasteiger partial charge in [-0.25, -0.2) is 0 Å². The molecule has 24 heavy (non-hydrogen) atoms. The van der Waals surface area contributed by atoms with Crippen LogP contribution in [0.25, 0.3) is 0 Å². The van der Waals surface area contributed by atoms with Crippen molar-refractivity contribution in [2.24, 2.45) is 16.1 Å². The molecule has 1 amide bonds. The van der Waals surface area contributed by atoms with Crippen molar-refractivity contribution in [3.8, 4) is 5.75 Å². The minimum absolute atomic E-state index is 0. The summed E-state index contributed by atoms with van der Waals surface area (Å²) >= 11 is 0. The van der Waals surface area contributed by atoms with Crippen LogP contribution in [0, 0.1) is 5.41 Å². The van der Waals surface area contributed by atoms with Crippen molar-refractivity contribution in [1.82, 2.24) is 4.90 Å². The van der Waals surface area contributed by atoms with Gasteiger partial charge in [-0.2, -0.15) is 0 Å². The number of carbonyl (C=O) groups is 1. The summed E-state index contributed by atoms with van der Waals surface area (Å²) in [5.41, 5.74) is 6.42. The number of amides is 1. The Hall–Kier alpha value is -1.51. The number of aliphatic imine (C=N–C) groups is 1. The maximum absolute atomic E-state index is 12.5. The lowest BCUT2D eigenvalue weighted by atomic mass is 9.85. The van der Waals surface area contributed by atoms with Crippen molar-refractivity contribution in [2.45, 2.75) is 25.7 Å². The van der Waals surface area contributed by atoms with Gasteiger partial charge in [-0.05, 0) is 37.1 Å². The van der Waals surface area contributed by atoms with E-state index in [0.717, 1.165) is 37.1 Å². The molecule has 1 saturated carbocycles. The van der Waals surface area contributed by atoms with Crippen LogP contribution >= 0.6 is 24.0 Å². The zero-order chi connectivity index (χ0) is 16.9. The van der Waals surface area contributed by atoms with E-state index < -0.39 is 5.41 Å². The van der Waals surface area contributed by atoms with Crippen LogP contribution in [-0.2, 0) is 4.79 Å². The van der Waals surface area contributed by atoms with Crippen molar-refractivity contribution in [1.29, 1.82) is 0 Å². The van der Waals surface area contributed by atoms with E-state index in [1.54, 1.807) is 26.1 Å². The van der Waals surface area contributed by atoms with Gasteiger partial charge in [0.05, 0.1) is 19.1 Å². The number of hydrogen-bond acceptors (Lipinski definition) is 3. The predicted octanol–water partition coefficient (Wildman–Crippen LogP) is 2.69. The molecular formula is C17H27IN4O2. The Kier molecular flexibility index (Phi) is 7.78. The molecule has 1 aromatic carbocycles. The van der Waals surface area contributed by atoms with E-state index in [0.29, 0.717) is 12.5 Å². The normalized spacial score (nSPS) is 16.2. The van der Waals surface area contributed by atoms with Gasteiger partial charge < -0.3 is 20.7 Å². The summed E-state index contributed by atoms with van der Waals surface area (Å²) in [5, 5.41) is 3.05. The molecule has 0 saturated heterocycles. The molecule has 0 heterocycles. The number of methoxy groups -OCH3 is 1. The van der Waals surface area contributed by atoms with Crippen LogP contribution in [0.1, 0.15) is 25.7 Å². The number of benzene rings is 1. The molecule has 3 N–H and O–H groups in total. The lowest BCUT2D eigenvalue weighted by molar-refractivity contribution is -0.138. The molecule has 0 bridgehead atoms. The van der Waals surface area contributed by atoms with E-state index in [1.807, 2.05) is 24.3 Å². The summed E-state index contributed by atoms with van der Waals surface area (Å²) < 4.78 is 5.12. The molecule has 0 spiro atoms. The van der Waals surface area contributed by atoms with Crippen molar-refractivity contribution in [3.05, 3.63) is 24.3 Å². The van der Waals surface area contributed by atoms with Gasteiger partial charge in [0.1, 0.15) is 5.75 Å². The lowest BCUT2D eigenvalue weighted by Crippen LogP contribution is -2.41. The molecule has 0 unspecified atom stereocenters. The fourth-order valence-electron chi connectivity index (χ4n) is 3.06. The maximum atomic E-state index is 12.5. The molecule has 2 rings (SSSR count). The van der Waals surface area contributed by atoms with E-state index in [2.05, 4.69) is 10.3 Å². The van der Waals surface area contributed by atoms with Crippen LogP contribution in [0.4, 0.5) is 5.69 Å². The third-order valence-electron chi connectivity index (χ3n) is 4.34. The van der Waals surface area contributed by atoms with Gasteiger partial charge in [-0.15, -0.1) is 24.0 Å². The third-order valence-corrected chi connectivity index (χ3v) is 4.34. The fraction of sp³-hybridized carbons (Fsp3) is 0.529. The SMILES string of the molecule is COc1ccc(NC(N)=NCC2(C(=O)N(C)C)CCCC2)cc1.I. The Morgan fingerprint density at radius 2 is 1.88 bits per heavy atom. The molecule has 1 aliphatic carbocycles. The monoisotopic (exact) mass is 446 g/mol. The first-order chi connectivity index (χ1) is 11.0. The van der Waals surface area contributed by atoms with Gasteiger partial charge in [0.2, 0.25) is 5.91 Å². The highest BCUT2D eigenvalue weighted by molar-refractivity contribution is 14.0. The van der Waals surface area contributed by atoms with E-state index in [4.69, 9.17) is 10.5 Å². The first-order valence-electron chi connectivity index (χ1n) is 7.90. The van der Waals surface area contributed by atoms with Crippen molar-refractivity contribution < 1.29 is 9.53 Å². The van der Waals surface area contributed by atoms with Gasteiger partial charge >= 0.3 is 0 Å². The molecule has 1 aliphatic rings. The van der Waals surface area contributed by atoms with Gasteiger partial charge in [-0.1, -0.05) is 12.8 Å². The molecule has 7 heteroatoms. The van der Waals surface area contributed by atoms with Crippen LogP contribution < -0.4 is 15.8 Å². The van der Waals surface area contributed by atoms with Crippen LogP contribution in [0.3, 0.4) is 0 Å². The number of nitrogens with one attached hydrogen (secondary N) is 1. The largest absolute Gasteiger partial charge is 0.497 e. The number of anilines is 1. The molecule has 1 aromatic rings. The summed E-state index contributed by atoms with van der Waals surface area (Å²) in [6.07, 6.45) is 3.90. The zero-order valence-corrected chi connectivity index (χ0v) is 16.9. The summed E-state index contributed by atoms with van der Waals surface area (Å²) in [4.78, 5) is 18.6. The predicted molar refractivity (Wildman–Crippen MR) is 108 cm³/mol. The standard InChI is InChI=1S/C17H26N4O2.HI/c1-21(2)15(22)17(10-4-5-11-17)12-19-16(18)20-13-6-8-14(23-3)9-7-13;/h6-9H,4-5,10-12H2,1-3H3,(H3,18,19,20);1H. The van der Waals surface area contributed by atoms with E-state index >= 15 is 0 Å². The molecule has 6 nitrogen and oxygen atoms in total. The van der Waals surface area contributed by atoms with Gasteiger partial charge in [0.15, 0.2) is 5.96 Å². The van der Waals surface area contributed by atoms with E-state index in [1.165, 1.54) is 0 Å². The Labute approximate surface area is 160 Å². The second-order valence-corrected chi connectivity index (χ2v) is 6.24.